The topological polar surface area (TPSA) is 20.2 Å². The molecule has 1 atom stereocenters. The standard InChI is InChI=1S/C7H15FO/c1-2-3-4-5-7(8)6-9/h7,9H,2-6H2,1H3/t7-/m1/s1. The molecule has 0 aromatic carbocycles. The van der Waals surface area contributed by atoms with Crippen LogP contribution in [0.25, 0.3) is 0 Å². The van der Waals surface area contributed by atoms with Crippen LogP contribution in [0.4, 0.5) is 4.39 Å². The Morgan fingerprint density at radius 1 is 1.44 bits per heavy atom. The van der Waals surface area contributed by atoms with Crippen LogP contribution in [-0.2, 0) is 0 Å². The number of alkyl halides is 1. The van der Waals surface area contributed by atoms with Crippen molar-refractivity contribution in [3.8, 4) is 0 Å². The number of aliphatic hydroxyl groups is 1. The summed E-state index contributed by atoms with van der Waals surface area (Å²) in [7, 11) is 0. The van der Waals surface area contributed by atoms with Crippen molar-refractivity contribution in [2.75, 3.05) is 6.61 Å². The Balaban J connectivity index is 2.88. The molecular weight excluding hydrogens is 119 g/mol. The summed E-state index contributed by atoms with van der Waals surface area (Å²) in [6.07, 6.45) is 2.61. The SMILES string of the molecule is CCCCC[C@@H](F)CO. The van der Waals surface area contributed by atoms with Gasteiger partial charge in [0, 0.05) is 0 Å². The average Bonchev–Trinajstić information content (AvgIpc) is 1.89. The van der Waals surface area contributed by atoms with Crippen molar-refractivity contribution in [3.63, 3.8) is 0 Å². The molecule has 0 saturated carbocycles. The van der Waals surface area contributed by atoms with E-state index in [1.165, 1.54) is 0 Å². The maximum Gasteiger partial charge on any atom is 0.123 e. The van der Waals surface area contributed by atoms with Gasteiger partial charge in [-0.1, -0.05) is 26.2 Å². The van der Waals surface area contributed by atoms with Gasteiger partial charge in [-0.15, -0.1) is 0 Å². The van der Waals surface area contributed by atoms with E-state index in [1.54, 1.807) is 0 Å². The zero-order chi connectivity index (χ0) is 7.11. The molecule has 1 nitrogen and oxygen atoms in total. The fraction of sp³-hybridized carbons (Fsp3) is 1.00. The lowest BCUT2D eigenvalue weighted by atomic mass is 10.1. The zero-order valence-corrected chi connectivity index (χ0v) is 5.94. The van der Waals surface area contributed by atoms with Gasteiger partial charge >= 0.3 is 0 Å². The van der Waals surface area contributed by atoms with Gasteiger partial charge in [0.05, 0.1) is 6.61 Å². The van der Waals surface area contributed by atoms with Crippen LogP contribution < -0.4 is 0 Å². The van der Waals surface area contributed by atoms with E-state index >= 15 is 0 Å². The largest absolute Gasteiger partial charge is 0.393 e. The molecule has 0 aliphatic heterocycles. The average molecular weight is 134 g/mol. The molecule has 0 spiro atoms. The lowest BCUT2D eigenvalue weighted by Crippen LogP contribution is -2.04. The number of rotatable bonds is 5. The third kappa shape index (κ3) is 5.77. The lowest BCUT2D eigenvalue weighted by molar-refractivity contribution is 0.167. The molecule has 0 heterocycles. The normalized spacial score (nSPS) is 13.7. The summed E-state index contributed by atoms with van der Waals surface area (Å²) in [4.78, 5) is 0. The van der Waals surface area contributed by atoms with Gasteiger partial charge < -0.3 is 5.11 Å². The van der Waals surface area contributed by atoms with Gasteiger partial charge in [0.1, 0.15) is 6.17 Å². The van der Waals surface area contributed by atoms with Crippen molar-refractivity contribution in [1.29, 1.82) is 0 Å². The maximum absolute atomic E-state index is 12.2. The van der Waals surface area contributed by atoms with Gasteiger partial charge in [-0.05, 0) is 6.42 Å². The molecule has 0 rings (SSSR count). The summed E-state index contributed by atoms with van der Waals surface area (Å²) in [5.41, 5.74) is 0. The number of aliphatic hydroxyl groups excluding tert-OH is 1. The van der Waals surface area contributed by atoms with Crippen molar-refractivity contribution in [1.82, 2.24) is 0 Å². The van der Waals surface area contributed by atoms with Gasteiger partial charge in [0.2, 0.25) is 0 Å². The summed E-state index contributed by atoms with van der Waals surface area (Å²) < 4.78 is 12.2. The highest BCUT2D eigenvalue weighted by Gasteiger charge is 2.01. The summed E-state index contributed by atoms with van der Waals surface area (Å²) in [5, 5.41) is 8.26. The minimum absolute atomic E-state index is 0.316. The summed E-state index contributed by atoms with van der Waals surface area (Å²) in [6, 6.07) is 0. The van der Waals surface area contributed by atoms with E-state index in [4.69, 9.17) is 5.11 Å². The van der Waals surface area contributed by atoms with Crippen molar-refractivity contribution in [2.24, 2.45) is 0 Å². The zero-order valence-electron chi connectivity index (χ0n) is 5.94. The summed E-state index contributed by atoms with van der Waals surface area (Å²) in [5.74, 6) is 0. The molecule has 1 N–H and O–H groups in total. The molecule has 0 saturated heterocycles. The molecule has 0 radical (unpaired) electrons. The molecule has 0 bridgehead atoms. The van der Waals surface area contributed by atoms with Gasteiger partial charge in [-0.3, -0.25) is 0 Å². The van der Waals surface area contributed by atoms with Gasteiger partial charge in [-0.2, -0.15) is 0 Å². The Morgan fingerprint density at radius 3 is 2.56 bits per heavy atom. The highest BCUT2D eigenvalue weighted by atomic mass is 19.1. The van der Waals surface area contributed by atoms with E-state index < -0.39 is 6.17 Å². The van der Waals surface area contributed by atoms with Crippen LogP contribution in [0.15, 0.2) is 0 Å². The van der Waals surface area contributed by atoms with E-state index in [-0.39, 0.29) is 6.61 Å². The highest BCUT2D eigenvalue weighted by molar-refractivity contribution is 4.52. The first-order chi connectivity index (χ1) is 4.31. The van der Waals surface area contributed by atoms with Gasteiger partial charge in [-0.25, -0.2) is 4.39 Å². The Hall–Kier alpha value is -0.110. The van der Waals surface area contributed by atoms with Crippen molar-refractivity contribution >= 4 is 0 Å². The van der Waals surface area contributed by atoms with Crippen LogP contribution in [0.3, 0.4) is 0 Å². The Labute approximate surface area is 55.9 Å². The Kier molecular flexibility index (Phi) is 5.94. The number of halogens is 1. The fourth-order valence-corrected chi connectivity index (χ4v) is 0.707. The predicted molar refractivity (Wildman–Crippen MR) is 36.1 cm³/mol. The Morgan fingerprint density at radius 2 is 2.11 bits per heavy atom. The smallest absolute Gasteiger partial charge is 0.123 e. The van der Waals surface area contributed by atoms with Crippen LogP contribution in [0.1, 0.15) is 32.6 Å². The van der Waals surface area contributed by atoms with Crippen molar-refractivity contribution in [2.45, 2.75) is 38.8 Å². The number of hydrogen-bond donors (Lipinski definition) is 1. The number of hydrogen-bond acceptors (Lipinski definition) is 1. The van der Waals surface area contributed by atoms with Crippen LogP contribution in [0.2, 0.25) is 0 Å². The minimum atomic E-state index is -0.989. The van der Waals surface area contributed by atoms with Crippen LogP contribution >= 0.6 is 0 Å². The Bertz CT molecular complexity index is 56.9. The number of unbranched alkanes of at least 4 members (excludes halogenated alkanes) is 2. The molecule has 9 heavy (non-hydrogen) atoms. The first-order valence-corrected chi connectivity index (χ1v) is 3.56. The molecule has 0 aliphatic rings. The quantitative estimate of drug-likeness (QED) is 0.569. The third-order valence-corrected chi connectivity index (χ3v) is 1.32. The lowest BCUT2D eigenvalue weighted by Gasteiger charge is -2.01. The highest BCUT2D eigenvalue weighted by Crippen LogP contribution is 2.04. The molecular formula is C7H15FO. The summed E-state index contributed by atoms with van der Waals surface area (Å²) in [6.45, 7) is 1.76. The second-order valence-corrected chi connectivity index (χ2v) is 2.28. The first kappa shape index (κ1) is 8.89. The van der Waals surface area contributed by atoms with E-state index in [9.17, 15) is 4.39 Å². The minimum Gasteiger partial charge on any atom is -0.393 e. The van der Waals surface area contributed by atoms with Crippen molar-refractivity contribution < 1.29 is 9.50 Å². The molecule has 56 valence electrons. The maximum atomic E-state index is 12.2. The van der Waals surface area contributed by atoms with Crippen molar-refractivity contribution in [3.05, 3.63) is 0 Å². The van der Waals surface area contributed by atoms with Crippen LogP contribution in [0.5, 0.6) is 0 Å². The monoisotopic (exact) mass is 134 g/mol. The van der Waals surface area contributed by atoms with E-state index in [0.717, 1.165) is 19.3 Å². The first-order valence-electron chi connectivity index (χ1n) is 3.56. The predicted octanol–water partition coefficient (Wildman–Crippen LogP) is 1.90. The molecule has 0 fully saturated rings. The summed E-state index contributed by atoms with van der Waals surface area (Å²) >= 11 is 0. The van der Waals surface area contributed by atoms with Gasteiger partial charge in [0.15, 0.2) is 0 Å². The second-order valence-electron chi connectivity index (χ2n) is 2.28. The molecule has 2 heteroatoms. The molecule has 0 amide bonds. The second kappa shape index (κ2) is 6.02. The molecule has 0 unspecified atom stereocenters. The third-order valence-electron chi connectivity index (χ3n) is 1.32. The van der Waals surface area contributed by atoms with E-state index in [0.29, 0.717) is 6.42 Å². The fourth-order valence-electron chi connectivity index (χ4n) is 0.707. The van der Waals surface area contributed by atoms with Gasteiger partial charge in [0.25, 0.3) is 0 Å². The molecule has 0 aliphatic carbocycles. The van der Waals surface area contributed by atoms with Crippen LogP contribution in [0, 0.1) is 0 Å². The molecule has 0 aromatic rings. The van der Waals surface area contributed by atoms with E-state index in [2.05, 4.69) is 6.92 Å². The van der Waals surface area contributed by atoms with Crippen LogP contribution in [-0.4, -0.2) is 17.9 Å². The van der Waals surface area contributed by atoms with E-state index in [1.807, 2.05) is 0 Å². The molecule has 0 aromatic heterocycles.